The van der Waals surface area contributed by atoms with Gasteiger partial charge in [0.2, 0.25) is 0 Å². The predicted octanol–water partition coefficient (Wildman–Crippen LogP) is 2.88. The summed E-state index contributed by atoms with van der Waals surface area (Å²) in [4.78, 5) is 16.6. The van der Waals surface area contributed by atoms with Crippen molar-refractivity contribution in [1.82, 2.24) is 14.6 Å². The average Bonchev–Trinajstić information content (AvgIpc) is 2.81. The van der Waals surface area contributed by atoms with Gasteiger partial charge in [-0.3, -0.25) is 4.79 Å². The minimum absolute atomic E-state index is 0.0335. The van der Waals surface area contributed by atoms with Crippen LogP contribution in [0.5, 0.6) is 0 Å². The summed E-state index contributed by atoms with van der Waals surface area (Å²) in [6.07, 6.45) is 1.37. The van der Waals surface area contributed by atoms with Crippen LogP contribution in [0.25, 0.3) is 5.65 Å². The van der Waals surface area contributed by atoms with E-state index in [4.69, 9.17) is 0 Å². The molecule has 3 aromatic rings. The Morgan fingerprint density at radius 1 is 1.14 bits per heavy atom. The van der Waals surface area contributed by atoms with Crippen LogP contribution in [0.1, 0.15) is 21.7 Å². The molecule has 7 heteroatoms. The van der Waals surface area contributed by atoms with Gasteiger partial charge in [0.1, 0.15) is 17.2 Å². The van der Waals surface area contributed by atoms with Gasteiger partial charge in [-0.1, -0.05) is 0 Å². The van der Waals surface area contributed by atoms with Gasteiger partial charge >= 0.3 is 0 Å². The second-order valence-electron chi connectivity index (χ2n) is 4.94. The minimum Gasteiger partial charge on any atom is -0.322 e. The van der Waals surface area contributed by atoms with Crippen molar-refractivity contribution >= 4 is 17.2 Å². The van der Waals surface area contributed by atoms with Gasteiger partial charge in [0, 0.05) is 23.1 Å². The molecule has 1 amide bonds. The molecule has 3 rings (SSSR count). The highest BCUT2D eigenvalue weighted by atomic mass is 19.1. The Hall–Kier alpha value is -2.83. The van der Waals surface area contributed by atoms with Gasteiger partial charge in [-0.2, -0.15) is 5.10 Å². The largest absolute Gasteiger partial charge is 0.322 e. The van der Waals surface area contributed by atoms with Crippen LogP contribution < -0.4 is 5.32 Å². The van der Waals surface area contributed by atoms with Crippen molar-refractivity contribution in [3.8, 4) is 0 Å². The average molecular weight is 302 g/mol. The first-order valence-electron chi connectivity index (χ1n) is 6.53. The van der Waals surface area contributed by atoms with E-state index in [1.54, 1.807) is 0 Å². The highest BCUT2D eigenvalue weighted by Crippen LogP contribution is 2.16. The smallest absolute Gasteiger partial charge is 0.261 e. The van der Waals surface area contributed by atoms with Gasteiger partial charge in [0.05, 0.1) is 6.20 Å². The molecule has 5 nitrogen and oxygen atoms in total. The lowest BCUT2D eigenvalue weighted by Gasteiger charge is -2.05. The Kier molecular flexibility index (Phi) is 3.32. The first kappa shape index (κ1) is 14.1. The van der Waals surface area contributed by atoms with Crippen LogP contribution in [-0.2, 0) is 0 Å². The Morgan fingerprint density at radius 3 is 2.50 bits per heavy atom. The van der Waals surface area contributed by atoms with Crippen molar-refractivity contribution in [2.24, 2.45) is 0 Å². The van der Waals surface area contributed by atoms with Crippen molar-refractivity contribution < 1.29 is 13.6 Å². The lowest BCUT2D eigenvalue weighted by molar-refractivity contribution is 0.102. The molecule has 0 aliphatic carbocycles. The van der Waals surface area contributed by atoms with E-state index in [0.717, 1.165) is 29.6 Å². The summed E-state index contributed by atoms with van der Waals surface area (Å²) in [5.41, 5.74) is 2.24. The summed E-state index contributed by atoms with van der Waals surface area (Å²) in [5.74, 6) is -2.06. The number of nitrogens with one attached hydrogen (secondary N) is 1. The van der Waals surface area contributed by atoms with Crippen LogP contribution in [0.3, 0.4) is 0 Å². The van der Waals surface area contributed by atoms with Crippen LogP contribution in [0.15, 0.2) is 30.5 Å². The van der Waals surface area contributed by atoms with Gasteiger partial charge in [0.25, 0.3) is 5.91 Å². The quantitative estimate of drug-likeness (QED) is 0.792. The topological polar surface area (TPSA) is 59.3 Å². The molecule has 0 aliphatic rings. The lowest BCUT2D eigenvalue weighted by Crippen LogP contribution is -2.12. The molecule has 1 aromatic carbocycles. The maximum atomic E-state index is 13.2. The second kappa shape index (κ2) is 5.18. The van der Waals surface area contributed by atoms with Gasteiger partial charge in [0.15, 0.2) is 5.65 Å². The van der Waals surface area contributed by atoms with Crippen LogP contribution in [0.4, 0.5) is 14.5 Å². The molecule has 112 valence electrons. The third-order valence-corrected chi connectivity index (χ3v) is 3.14. The molecule has 2 heterocycles. The molecule has 22 heavy (non-hydrogen) atoms. The molecule has 2 aromatic heterocycles. The van der Waals surface area contributed by atoms with Gasteiger partial charge < -0.3 is 5.32 Å². The van der Waals surface area contributed by atoms with E-state index in [0.29, 0.717) is 5.65 Å². The van der Waals surface area contributed by atoms with Crippen LogP contribution in [0, 0.1) is 25.5 Å². The number of amides is 1. The summed E-state index contributed by atoms with van der Waals surface area (Å²) < 4.78 is 27.9. The van der Waals surface area contributed by atoms with E-state index in [9.17, 15) is 13.6 Å². The zero-order chi connectivity index (χ0) is 15.9. The number of carbonyl (C=O) groups excluding carboxylic acids is 1. The molecule has 0 fully saturated rings. The fourth-order valence-electron chi connectivity index (χ4n) is 2.26. The standard InChI is InChI=1S/C15H12F2N4O/c1-8-3-9(2)21-14(19-8)13(7-18-21)15(22)20-12-5-10(16)4-11(17)6-12/h3-7H,1-2H3,(H,20,22). The Labute approximate surface area is 124 Å². The van der Waals surface area contributed by atoms with Crippen molar-refractivity contribution in [1.29, 1.82) is 0 Å². The molecule has 0 bridgehead atoms. The minimum atomic E-state index is -0.764. The predicted molar refractivity (Wildman–Crippen MR) is 76.8 cm³/mol. The molecular formula is C15H12F2N4O. The zero-order valence-corrected chi connectivity index (χ0v) is 11.9. The highest BCUT2D eigenvalue weighted by Gasteiger charge is 2.16. The molecule has 0 saturated heterocycles. The number of fused-ring (bicyclic) bond motifs is 1. The molecule has 1 N–H and O–H groups in total. The maximum absolute atomic E-state index is 13.2. The second-order valence-corrected chi connectivity index (χ2v) is 4.94. The summed E-state index contributed by atoms with van der Waals surface area (Å²) in [5, 5.41) is 6.55. The number of hydrogen-bond donors (Lipinski definition) is 1. The number of carbonyl (C=O) groups is 1. The Morgan fingerprint density at radius 2 is 1.82 bits per heavy atom. The highest BCUT2D eigenvalue weighted by molar-refractivity contribution is 6.08. The molecule has 0 spiro atoms. The number of nitrogens with zero attached hydrogens (tertiary/aromatic N) is 3. The van der Waals surface area contributed by atoms with Crippen molar-refractivity contribution in [2.75, 3.05) is 5.32 Å². The number of halogens is 2. The molecular weight excluding hydrogens is 290 g/mol. The molecule has 0 aliphatic heterocycles. The number of anilines is 1. The number of aromatic nitrogens is 3. The summed E-state index contributed by atoms with van der Waals surface area (Å²) in [7, 11) is 0. The van der Waals surface area contributed by atoms with Crippen LogP contribution in [0.2, 0.25) is 0 Å². The van der Waals surface area contributed by atoms with Crippen LogP contribution >= 0.6 is 0 Å². The monoisotopic (exact) mass is 302 g/mol. The molecule has 0 atom stereocenters. The van der Waals surface area contributed by atoms with E-state index in [-0.39, 0.29) is 11.3 Å². The van der Waals surface area contributed by atoms with Crippen molar-refractivity contribution in [3.05, 3.63) is 59.0 Å². The molecule has 0 radical (unpaired) electrons. The van der Waals surface area contributed by atoms with Crippen molar-refractivity contribution in [2.45, 2.75) is 13.8 Å². The summed E-state index contributed by atoms with van der Waals surface area (Å²) in [6, 6.07) is 4.65. The van der Waals surface area contributed by atoms with Gasteiger partial charge in [-0.15, -0.1) is 0 Å². The summed E-state index contributed by atoms with van der Waals surface area (Å²) >= 11 is 0. The maximum Gasteiger partial charge on any atom is 0.261 e. The fraction of sp³-hybridized carbons (Fsp3) is 0.133. The Balaban J connectivity index is 1.99. The van der Waals surface area contributed by atoms with E-state index in [1.807, 2.05) is 19.9 Å². The SMILES string of the molecule is Cc1cc(C)n2ncc(C(=O)Nc3cc(F)cc(F)c3)c2n1. The first-order valence-corrected chi connectivity index (χ1v) is 6.53. The van der Waals surface area contributed by atoms with E-state index in [2.05, 4.69) is 15.4 Å². The van der Waals surface area contributed by atoms with E-state index >= 15 is 0 Å². The summed E-state index contributed by atoms with van der Waals surface area (Å²) in [6.45, 7) is 3.65. The number of hydrogen-bond acceptors (Lipinski definition) is 3. The van der Waals surface area contributed by atoms with Crippen molar-refractivity contribution in [3.63, 3.8) is 0 Å². The third kappa shape index (κ3) is 2.52. The Bertz CT molecular complexity index is 868. The van der Waals surface area contributed by atoms with Gasteiger partial charge in [-0.25, -0.2) is 18.3 Å². The zero-order valence-electron chi connectivity index (χ0n) is 11.9. The van der Waals surface area contributed by atoms with E-state index in [1.165, 1.54) is 10.7 Å². The third-order valence-electron chi connectivity index (χ3n) is 3.14. The van der Waals surface area contributed by atoms with E-state index < -0.39 is 17.5 Å². The number of aryl methyl sites for hydroxylation is 2. The molecule has 0 saturated carbocycles. The number of rotatable bonds is 2. The number of benzene rings is 1. The fourth-order valence-corrected chi connectivity index (χ4v) is 2.26. The normalized spacial score (nSPS) is 10.9. The first-order chi connectivity index (χ1) is 10.4. The van der Waals surface area contributed by atoms with Crippen LogP contribution in [-0.4, -0.2) is 20.5 Å². The molecule has 0 unspecified atom stereocenters. The van der Waals surface area contributed by atoms with Gasteiger partial charge in [-0.05, 0) is 32.0 Å². The lowest BCUT2D eigenvalue weighted by atomic mass is 10.2.